The van der Waals surface area contributed by atoms with Crippen molar-refractivity contribution >= 4 is 11.8 Å². The number of hydrogen-bond donors (Lipinski definition) is 0. The molecule has 0 amide bonds. The summed E-state index contributed by atoms with van der Waals surface area (Å²) in [6.07, 6.45) is 4.02. The monoisotopic (exact) mass is 197 g/mol. The van der Waals surface area contributed by atoms with E-state index < -0.39 is 0 Å². The van der Waals surface area contributed by atoms with Gasteiger partial charge in [-0.15, -0.1) is 0 Å². The fourth-order valence-electron chi connectivity index (χ4n) is 1.77. The van der Waals surface area contributed by atoms with Crippen molar-refractivity contribution in [3.05, 3.63) is 53.1 Å². The first-order chi connectivity index (χ1) is 7.18. The molecule has 0 aromatic heterocycles. The van der Waals surface area contributed by atoms with Crippen LogP contribution in [-0.2, 0) is 0 Å². The van der Waals surface area contributed by atoms with Gasteiger partial charge in [-0.2, -0.15) is 0 Å². The Hall–Kier alpha value is -1.63. The summed E-state index contributed by atoms with van der Waals surface area (Å²) in [5, 5.41) is 0. The Bertz CT molecular complexity index is 464. The molecular weight excluding hydrogens is 182 g/mol. The van der Waals surface area contributed by atoms with Crippen molar-refractivity contribution in [2.75, 3.05) is 6.54 Å². The third kappa shape index (κ3) is 1.91. The highest BCUT2D eigenvalue weighted by molar-refractivity contribution is 6.01. The third-order valence-corrected chi connectivity index (χ3v) is 2.71. The maximum absolute atomic E-state index is 4.19. The van der Waals surface area contributed by atoms with Gasteiger partial charge in [-0.3, -0.25) is 4.99 Å². The van der Waals surface area contributed by atoms with Crippen LogP contribution in [0.2, 0.25) is 0 Å². The molecule has 0 bridgehead atoms. The molecule has 15 heavy (non-hydrogen) atoms. The number of benzene rings is 1. The van der Waals surface area contributed by atoms with E-state index in [4.69, 9.17) is 0 Å². The van der Waals surface area contributed by atoms with Crippen LogP contribution < -0.4 is 0 Å². The maximum Gasteiger partial charge on any atom is 0.0580 e. The molecule has 1 aromatic rings. The summed E-state index contributed by atoms with van der Waals surface area (Å²) >= 11 is 0. The standard InChI is InChI=1S/C14H15N/c1-10-4-5-11(2)14(8-10)12(3)13-6-7-15-9-13/h4-6,8-9H,3,7H2,1-2H3. The van der Waals surface area contributed by atoms with Crippen LogP contribution in [0.1, 0.15) is 16.7 Å². The van der Waals surface area contributed by atoms with Crippen molar-refractivity contribution in [2.24, 2.45) is 4.99 Å². The lowest BCUT2D eigenvalue weighted by Gasteiger charge is -2.09. The van der Waals surface area contributed by atoms with Gasteiger partial charge < -0.3 is 0 Å². The van der Waals surface area contributed by atoms with Crippen molar-refractivity contribution in [3.63, 3.8) is 0 Å². The fraction of sp³-hybridized carbons (Fsp3) is 0.214. The van der Waals surface area contributed by atoms with E-state index in [1.807, 2.05) is 6.21 Å². The van der Waals surface area contributed by atoms with Crippen LogP contribution in [0.5, 0.6) is 0 Å². The molecule has 0 spiro atoms. The van der Waals surface area contributed by atoms with Gasteiger partial charge in [0.2, 0.25) is 0 Å². The molecule has 0 aliphatic carbocycles. The lowest BCUT2D eigenvalue weighted by Crippen LogP contribution is -1.92. The molecule has 1 heterocycles. The highest BCUT2D eigenvalue weighted by Gasteiger charge is 2.08. The minimum Gasteiger partial charge on any atom is -0.288 e. The van der Waals surface area contributed by atoms with Crippen LogP contribution in [0, 0.1) is 13.8 Å². The highest BCUT2D eigenvalue weighted by Crippen LogP contribution is 2.25. The summed E-state index contributed by atoms with van der Waals surface area (Å²) in [7, 11) is 0. The Morgan fingerprint density at radius 1 is 1.33 bits per heavy atom. The summed E-state index contributed by atoms with van der Waals surface area (Å²) in [6, 6.07) is 6.45. The minimum absolute atomic E-state index is 0.791. The van der Waals surface area contributed by atoms with E-state index in [1.54, 1.807) is 0 Å². The van der Waals surface area contributed by atoms with E-state index in [-0.39, 0.29) is 0 Å². The zero-order valence-corrected chi connectivity index (χ0v) is 9.25. The molecule has 0 unspecified atom stereocenters. The number of allylic oxidation sites excluding steroid dienone is 2. The van der Waals surface area contributed by atoms with Gasteiger partial charge in [-0.05, 0) is 36.1 Å². The summed E-state index contributed by atoms with van der Waals surface area (Å²) in [5.74, 6) is 0. The molecular formula is C14H15N. The van der Waals surface area contributed by atoms with Crippen molar-refractivity contribution in [1.82, 2.24) is 0 Å². The molecule has 0 saturated carbocycles. The Morgan fingerprint density at radius 2 is 2.13 bits per heavy atom. The molecule has 1 aliphatic rings. The molecule has 0 N–H and O–H groups in total. The SMILES string of the molecule is C=C(C1=CCN=C1)c1cc(C)ccc1C. The molecule has 2 rings (SSSR count). The minimum atomic E-state index is 0.791. The first-order valence-electron chi connectivity index (χ1n) is 5.15. The van der Waals surface area contributed by atoms with E-state index in [9.17, 15) is 0 Å². The number of hydrogen-bond acceptors (Lipinski definition) is 1. The molecule has 1 aliphatic heterocycles. The zero-order chi connectivity index (χ0) is 10.8. The van der Waals surface area contributed by atoms with Gasteiger partial charge in [0.1, 0.15) is 0 Å². The summed E-state index contributed by atoms with van der Waals surface area (Å²) in [4.78, 5) is 4.19. The second kappa shape index (κ2) is 3.85. The highest BCUT2D eigenvalue weighted by atomic mass is 14.7. The maximum atomic E-state index is 4.19. The number of rotatable bonds is 2. The average molecular weight is 197 g/mol. The van der Waals surface area contributed by atoms with Gasteiger partial charge in [-0.25, -0.2) is 0 Å². The van der Waals surface area contributed by atoms with Gasteiger partial charge in [-0.1, -0.05) is 36.4 Å². The van der Waals surface area contributed by atoms with Crippen LogP contribution in [0.4, 0.5) is 0 Å². The van der Waals surface area contributed by atoms with Crippen molar-refractivity contribution < 1.29 is 0 Å². The normalized spacial score (nSPS) is 14.1. The molecule has 0 atom stereocenters. The molecule has 1 heteroatoms. The van der Waals surface area contributed by atoms with Crippen LogP contribution in [0.3, 0.4) is 0 Å². The van der Waals surface area contributed by atoms with E-state index in [2.05, 4.69) is 49.7 Å². The predicted molar refractivity (Wildman–Crippen MR) is 66.4 cm³/mol. The molecule has 0 fully saturated rings. The second-order valence-electron chi connectivity index (χ2n) is 3.95. The fourth-order valence-corrected chi connectivity index (χ4v) is 1.77. The Morgan fingerprint density at radius 3 is 2.80 bits per heavy atom. The van der Waals surface area contributed by atoms with Gasteiger partial charge >= 0.3 is 0 Å². The van der Waals surface area contributed by atoms with Gasteiger partial charge in [0.15, 0.2) is 0 Å². The molecule has 76 valence electrons. The van der Waals surface area contributed by atoms with E-state index in [1.165, 1.54) is 16.7 Å². The average Bonchev–Trinajstić information content (AvgIpc) is 2.74. The van der Waals surface area contributed by atoms with Gasteiger partial charge in [0.05, 0.1) is 6.54 Å². The first kappa shape index (κ1) is 9.91. The van der Waals surface area contributed by atoms with E-state index >= 15 is 0 Å². The summed E-state index contributed by atoms with van der Waals surface area (Å²) in [5.41, 5.74) is 6.01. The molecule has 0 saturated heterocycles. The number of aliphatic imine (C=N–C) groups is 1. The van der Waals surface area contributed by atoms with Crippen LogP contribution in [0.15, 0.2) is 41.4 Å². The topological polar surface area (TPSA) is 12.4 Å². The smallest absolute Gasteiger partial charge is 0.0580 e. The van der Waals surface area contributed by atoms with Crippen molar-refractivity contribution in [2.45, 2.75) is 13.8 Å². The zero-order valence-electron chi connectivity index (χ0n) is 9.25. The number of nitrogens with zero attached hydrogens (tertiary/aromatic N) is 1. The predicted octanol–water partition coefficient (Wildman–Crippen LogP) is 3.33. The van der Waals surface area contributed by atoms with Gasteiger partial charge in [0.25, 0.3) is 0 Å². The Kier molecular flexibility index (Phi) is 2.55. The van der Waals surface area contributed by atoms with E-state index in [0.717, 1.165) is 17.7 Å². The second-order valence-corrected chi connectivity index (χ2v) is 3.95. The van der Waals surface area contributed by atoms with Crippen LogP contribution in [0.25, 0.3) is 5.57 Å². The van der Waals surface area contributed by atoms with Crippen molar-refractivity contribution in [3.8, 4) is 0 Å². The Labute approximate surface area is 90.9 Å². The lowest BCUT2D eigenvalue weighted by molar-refractivity contribution is 1.29. The summed E-state index contributed by atoms with van der Waals surface area (Å²) in [6.45, 7) is 9.16. The molecule has 0 radical (unpaired) electrons. The van der Waals surface area contributed by atoms with Crippen LogP contribution >= 0.6 is 0 Å². The number of aryl methyl sites for hydroxylation is 2. The van der Waals surface area contributed by atoms with E-state index in [0.29, 0.717) is 0 Å². The molecule has 1 aromatic carbocycles. The lowest BCUT2D eigenvalue weighted by atomic mass is 9.95. The summed E-state index contributed by atoms with van der Waals surface area (Å²) < 4.78 is 0. The largest absolute Gasteiger partial charge is 0.288 e. The van der Waals surface area contributed by atoms with Gasteiger partial charge in [0, 0.05) is 6.21 Å². The van der Waals surface area contributed by atoms with Crippen LogP contribution in [-0.4, -0.2) is 12.8 Å². The molecule has 1 nitrogen and oxygen atoms in total. The van der Waals surface area contributed by atoms with Crippen molar-refractivity contribution in [1.29, 1.82) is 0 Å². The Balaban J connectivity index is 2.41. The first-order valence-corrected chi connectivity index (χ1v) is 5.15. The quantitative estimate of drug-likeness (QED) is 0.689. The third-order valence-electron chi connectivity index (χ3n) is 2.71.